The van der Waals surface area contributed by atoms with Crippen LogP contribution in [0.25, 0.3) is 0 Å². The molecule has 0 radical (unpaired) electrons. The summed E-state index contributed by atoms with van der Waals surface area (Å²) in [5, 5.41) is 0. The van der Waals surface area contributed by atoms with E-state index in [9.17, 15) is 0 Å². The first-order chi connectivity index (χ1) is 5.00. The molecule has 0 aliphatic heterocycles. The van der Waals surface area contributed by atoms with Gasteiger partial charge in [0.2, 0.25) is 0 Å². The van der Waals surface area contributed by atoms with Crippen LogP contribution in [0, 0.1) is 17.3 Å². The average Bonchev–Trinajstić information content (AvgIpc) is 1.86. The summed E-state index contributed by atoms with van der Waals surface area (Å²) in [6.45, 7) is 9.37. The molecule has 0 nitrogen and oxygen atoms in total. The predicted octanol–water partition coefficient (Wildman–Crippen LogP) is 3.63. The second-order valence-electron chi connectivity index (χ2n) is 4.94. The molecule has 11 heavy (non-hydrogen) atoms. The van der Waals surface area contributed by atoms with Crippen LogP contribution in [0.1, 0.15) is 40.5 Å². The quantitative estimate of drug-likeness (QED) is 0.465. The van der Waals surface area contributed by atoms with Gasteiger partial charge in [0.05, 0.1) is 0 Å². The van der Waals surface area contributed by atoms with Crippen LogP contribution in [-0.4, -0.2) is 0 Å². The molecule has 1 aliphatic carbocycles. The van der Waals surface area contributed by atoms with Crippen molar-refractivity contribution in [2.24, 2.45) is 17.3 Å². The van der Waals surface area contributed by atoms with Crippen molar-refractivity contribution in [3.05, 3.63) is 12.2 Å². The minimum Gasteiger partial charge on any atom is -0.0880 e. The molecule has 0 N–H and O–H groups in total. The van der Waals surface area contributed by atoms with Crippen LogP contribution >= 0.6 is 0 Å². The van der Waals surface area contributed by atoms with E-state index in [1.165, 1.54) is 12.8 Å². The summed E-state index contributed by atoms with van der Waals surface area (Å²) in [6, 6.07) is 0. The van der Waals surface area contributed by atoms with Gasteiger partial charge in [-0.05, 0) is 30.1 Å². The zero-order valence-electron chi connectivity index (χ0n) is 8.22. The van der Waals surface area contributed by atoms with Crippen molar-refractivity contribution in [3.8, 4) is 0 Å². The summed E-state index contributed by atoms with van der Waals surface area (Å²) in [4.78, 5) is 0. The lowest BCUT2D eigenvalue weighted by Crippen LogP contribution is -2.23. The second-order valence-corrected chi connectivity index (χ2v) is 4.94. The van der Waals surface area contributed by atoms with Crippen molar-refractivity contribution in [1.82, 2.24) is 0 Å². The molecule has 0 amide bonds. The Morgan fingerprint density at radius 3 is 2.27 bits per heavy atom. The summed E-state index contributed by atoms with van der Waals surface area (Å²) in [5.74, 6) is 1.69. The number of hydrogen-bond acceptors (Lipinski definition) is 0. The van der Waals surface area contributed by atoms with Gasteiger partial charge in [0.15, 0.2) is 0 Å². The van der Waals surface area contributed by atoms with Crippen molar-refractivity contribution in [2.75, 3.05) is 0 Å². The van der Waals surface area contributed by atoms with Gasteiger partial charge in [-0.25, -0.2) is 0 Å². The normalized spacial score (nSPS) is 32.4. The molecule has 0 heterocycles. The van der Waals surface area contributed by atoms with E-state index in [1.807, 2.05) is 0 Å². The number of hydrogen-bond donors (Lipinski definition) is 0. The molecule has 0 heteroatoms. The molecular formula is C11H20. The van der Waals surface area contributed by atoms with Crippen LogP contribution in [0.15, 0.2) is 12.2 Å². The molecule has 2 atom stereocenters. The fourth-order valence-corrected chi connectivity index (χ4v) is 1.81. The van der Waals surface area contributed by atoms with Gasteiger partial charge in [-0.3, -0.25) is 0 Å². The van der Waals surface area contributed by atoms with Crippen LogP contribution in [0.4, 0.5) is 0 Å². The smallest absolute Gasteiger partial charge is 0.0259 e. The van der Waals surface area contributed by atoms with Crippen molar-refractivity contribution < 1.29 is 0 Å². The van der Waals surface area contributed by atoms with E-state index in [2.05, 4.69) is 39.8 Å². The molecule has 64 valence electrons. The summed E-state index contributed by atoms with van der Waals surface area (Å²) in [6.07, 6.45) is 7.36. The Morgan fingerprint density at radius 1 is 1.27 bits per heavy atom. The third-order valence-electron chi connectivity index (χ3n) is 2.77. The number of allylic oxidation sites excluding steroid dienone is 2. The largest absolute Gasteiger partial charge is 0.0880 e. The third kappa shape index (κ3) is 2.36. The first-order valence-electron chi connectivity index (χ1n) is 4.67. The summed E-state index contributed by atoms with van der Waals surface area (Å²) >= 11 is 0. The van der Waals surface area contributed by atoms with Gasteiger partial charge in [-0.2, -0.15) is 0 Å². The molecule has 1 aliphatic rings. The molecule has 0 spiro atoms. The average molecular weight is 152 g/mol. The third-order valence-corrected chi connectivity index (χ3v) is 2.77. The molecule has 0 aromatic rings. The molecular weight excluding hydrogens is 132 g/mol. The Kier molecular flexibility index (Phi) is 2.41. The van der Waals surface area contributed by atoms with Crippen molar-refractivity contribution in [3.63, 3.8) is 0 Å². The molecule has 0 fully saturated rings. The Bertz CT molecular complexity index is 148. The highest BCUT2D eigenvalue weighted by molar-refractivity contribution is 4.97. The lowest BCUT2D eigenvalue weighted by molar-refractivity contribution is 0.204. The van der Waals surface area contributed by atoms with Gasteiger partial charge in [0, 0.05) is 0 Å². The Hall–Kier alpha value is -0.260. The molecule has 1 rings (SSSR count). The Labute approximate surface area is 70.7 Å². The molecule has 0 bridgehead atoms. The van der Waals surface area contributed by atoms with Crippen LogP contribution < -0.4 is 0 Å². The lowest BCUT2D eigenvalue weighted by Gasteiger charge is -2.33. The fraction of sp³-hybridized carbons (Fsp3) is 0.818. The van der Waals surface area contributed by atoms with Gasteiger partial charge in [-0.15, -0.1) is 0 Å². The van der Waals surface area contributed by atoms with Crippen molar-refractivity contribution in [2.45, 2.75) is 40.5 Å². The van der Waals surface area contributed by atoms with E-state index >= 15 is 0 Å². The van der Waals surface area contributed by atoms with E-state index < -0.39 is 0 Å². The second kappa shape index (κ2) is 3.00. The topological polar surface area (TPSA) is 0 Å². The monoisotopic (exact) mass is 152 g/mol. The highest BCUT2D eigenvalue weighted by Crippen LogP contribution is 2.36. The van der Waals surface area contributed by atoms with Gasteiger partial charge >= 0.3 is 0 Å². The fourth-order valence-electron chi connectivity index (χ4n) is 1.81. The van der Waals surface area contributed by atoms with Gasteiger partial charge in [0.1, 0.15) is 0 Å². The molecule has 0 unspecified atom stereocenters. The zero-order valence-corrected chi connectivity index (χ0v) is 8.22. The Balaban J connectivity index is 2.57. The minimum absolute atomic E-state index is 0.499. The standard InChI is InChI=1S/C11H20/c1-9-6-5-7-10(8-9)11(2,3)4/h5-6,9-10H,7-8H2,1-4H3/t9-,10+/m1/s1. The van der Waals surface area contributed by atoms with E-state index in [0.717, 1.165) is 11.8 Å². The zero-order chi connectivity index (χ0) is 8.48. The van der Waals surface area contributed by atoms with Crippen LogP contribution in [0.2, 0.25) is 0 Å². The maximum Gasteiger partial charge on any atom is -0.0259 e. The minimum atomic E-state index is 0.499. The summed E-state index contributed by atoms with van der Waals surface area (Å²) < 4.78 is 0. The van der Waals surface area contributed by atoms with Gasteiger partial charge in [-0.1, -0.05) is 39.8 Å². The SMILES string of the molecule is C[C@@H]1C=CC[C@H](C(C)(C)C)C1. The van der Waals surface area contributed by atoms with E-state index in [0.29, 0.717) is 5.41 Å². The first kappa shape index (κ1) is 8.83. The molecule has 0 saturated carbocycles. The first-order valence-corrected chi connectivity index (χ1v) is 4.67. The van der Waals surface area contributed by atoms with Crippen LogP contribution in [-0.2, 0) is 0 Å². The maximum atomic E-state index is 2.35. The molecule has 0 saturated heterocycles. The maximum absolute atomic E-state index is 2.35. The predicted molar refractivity (Wildman–Crippen MR) is 50.5 cm³/mol. The number of rotatable bonds is 0. The summed E-state index contributed by atoms with van der Waals surface area (Å²) in [5.41, 5.74) is 0.499. The van der Waals surface area contributed by atoms with E-state index in [1.54, 1.807) is 0 Å². The molecule has 0 aromatic carbocycles. The highest BCUT2D eigenvalue weighted by Gasteiger charge is 2.26. The van der Waals surface area contributed by atoms with E-state index in [-0.39, 0.29) is 0 Å². The van der Waals surface area contributed by atoms with Crippen molar-refractivity contribution in [1.29, 1.82) is 0 Å². The molecule has 0 aromatic heterocycles. The van der Waals surface area contributed by atoms with Crippen LogP contribution in [0.5, 0.6) is 0 Å². The summed E-state index contributed by atoms with van der Waals surface area (Å²) in [7, 11) is 0. The van der Waals surface area contributed by atoms with Crippen molar-refractivity contribution >= 4 is 0 Å². The Morgan fingerprint density at radius 2 is 1.91 bits per heavy atom. The van der Waals surface area contributed by atoms with Gasteiger partial charge in [0.25, 0.3) is 0 Å². The van der Waals surface area contributed by atoms with E-state index in [4.69, 9.17) is 0 Å². The van der Waals surface area contributed by atoms with Crippen LogP contribution in [0.3, 0.4) is 0 Å². The van der Waals surface area contributed by atoms with Gasteiger partial charge < -0.3 is 0 Å². The highest BCUT2D eigenvalue weighted by atomic mass is 14.3. The lowest BCUT2D eigenvalue weighted by atomic mass is 9.72.